The van der Waals surface area contributed by atoms with Gasteiger partial charge in [-0.25, -0.2) is 4.39 Å². The van der Waals surface area contributed by atoms with Gasteiger partial charge in [-0.2, -0.15) is 0 Å². The third-order valence-corrected chi connectivity index (χ3v) is 2.92. The van der Waals surface area contributed by atoms with Gasteiger partial charge in [-0.3, -0.25) is 4.79 Å². The summed E-state index contributed by atoms with van der Waals surface area (Å²) in [6, 6.07) is 2.97. The Labute approximate surface area is 113 Å². The Balaban J connectivity index is 3.04. The highest BCUT2D eigenvalue weighted by Gasteiger charge is 2.16. The second kappa shape index (κ2) is 6.52. The molecule has 0 unspecified atom stereocenters. The minimum absolute atomic E-state index is 0.108. The first-order valence-corrected chi connectivity index (χ1v) is 6.32. The molecule has 0 saturated heterocycles. The van der Waals surface area contributed by atoms with Crippen molar-refractivity contribution in [3.8, 4) is 0 Å². The number of hydrogen-bond donors (Lipinski definition) is 2. The molecule has 1 atom stereocenters. The number of hydrogen-bond acceptors (Lipinski definition) is 3. The first kappa shape index (κ1) is 15.4. The molecule has 0 bridgehead atoms. The highest BCUT2D eigenvalue weighted by molar-refractivity contribution is 5.81. The van der Waals surface area contributed by atoms with E-state index in [1.165, 1.54) is 6.07 Å². The number of anilines is 1. The molecular formula is C14H21FN2O2. The number of nitrogens with zero attached hydrogens (tertiary/aromatic N) is 1. The standard InChI is InChI=1S/C14H21FN2O2/c1-5-16-14(19)8-17(4)13-6-9(2)12(15)7-11(13)10(3)18/h6-7,10,18H,5,8H2,1-4H3,(H,16,19)/t10-/m1/s1. The van der Waals surface area contributed by atoms with Crippen molar-refractivity contribution in [3.05, 3.63) is 29.1 Å². The lowest BCUT2D eigenvalue weighted by Crippen LogP contribution is -2.35. The molecule has 2 N–H and O–H groups in total. The fraction of sp³-hybridized carbons (Fsp3) is 0.500. The summed E-state index contributed by atoms with van der Waals surface area (Å²) < 4.78 is 13.6. The van der Waals surface area contributed by atoms with E-state index in [2.05, 4.69) is 5.32 Å². The van der Waals surface area contributed by atoms with Crippen molar-refractivity contribution in [2.24, 2.45) is 0 Å². The predicted octanol–water partition coefficient (Wildman–Crippen LogP) is 1.76. The number of rotatable bonds is 5. The summed E-state index contributed by atoms with van der Waals surface area (Å²) in [6.45, 7) is 5.82. The number of carbonyl (C=O) groups is 1. The summed E-state index contributed by atoms with van der Waals surface area (Å²) >= 11 is 0. The van der Waals surface area contributed by atoms with Crippen molar-refractivity contribution in [2.45, 2.75) is 26.9 Å². The third-order valence-electron chi connectivity index (χ3n) is 2.92. The molecule has 106 valence electrons. The van der Waals surface area contributed by atoms with Gasteiger partial charge in [0, 0.05) is 24.8 Å². The molecule has 0 aromatic heterocycles. The van der Waals surface area contributed by atoms with E-state index in [4.69, 9.17) is 0 Å². The van der Waals surface area contributed by atoms with Gasteiger partial charge in [0.25, 0.3) is 0 Å². The van der Waals surface area contributed by atoms with Crippen LogP contribution in [-0.2, 0) is 4.79 Å². The number of aliphatic hydroxyl groups excluding tert-OH is 1. The van der Waals surface area contributed by atoms with Gasteiger partial charge in [-0.15, -0.1) is 0 Å². The zero-order valence-corrected chi connectivity index (χ0v) is 11.8. The van der Waals surface area contributed by atoms with Gasteiger partial charge in [-0.05, 0) is 38.5 Å². The van der Waals surface area contributed by atoms with Crippen LogP contribution in [0.5, 0.6) is 0 Å². The average Bonchev–Trinajstić information content (AvgIpc) is 2.31. The van der Waals surface area contributed by atoms with Gasteiger partial charge in [-0.1, -0.05) is 0 Å². The Morgan fingerprint density at radius 3 is 2.68 bits per heavy atom. The highest BCUT2D eigenvalue weighted by Crippen LogP contribution is 2.28. The molecule has 1 aromatic rings. The fourth-order valence-corrected chi connectivity index (χ4v) is 1.90. The van der Waals surface area contributed by atoms with Gasteiger partial charge in [0.1, 0.15) is 5.82 Å². The van der Waals surface area contributed by atoms with Crippen LogP contribution in [0.3, 0.4) is 0 Å². The van der Waals surface area contributed by atoms with E-state index in [1.54, 1.807) is 31.9 Å². The molecule has 0 saturated carbocycles. The molecule has 1 amide bonds. The first-order valence-electron chi connectivity index (χ1n) is 6.32. The number of halogens is 1. The number of amides is 1. The summed E-state index contributed by atoms with van der Waals surface area (Å²) in [5.41, 5.74) is 1.64. The largest absolute Gasteiger partial charge is 0.389 e. The van der Waals surface area contributed by atoms with Crippen LogP contribution in [0.4, 0.5) is 10.1 Å². The van der Waals surface area contributed by atoms with E-state index >= 15 is 0 Å². The van der Waals surface area contributed by atoms with Crippen molar-refractivity contribution in [3.63, 3.8) is 0 Å². The molecule has 4 nitrogen and oxygen atoms in total. The van der Waals surface area contributed by atoms with Gasteiger partial charge in [0.05, 0.1) is 12.6 Å². The second-order valence-corrected chi connectivity index (χ2v) is 4.65. The Bertz CT molecular complexity index is 461. The molecule has 1 rings (SSSR count). The molecule has 0 aliphatic carbocycles. The number of nitrogens with one attached hydrogen (secondary N) is 1. The van der Waals surface area contributed by atoms with E-state index in [9.17, 15) is 14.3 Å². The molecule has 0 heterocycles. The zero-order valence-electron chi connectivity index (χ0n) is 11.8. The van der Waals surface area contributed by atoms with E-state index in [-0.39, 0.29) is 18.3 Å². The van der Waals surface area contributed by atoms with Crippen LogP contribution in [0.15, 0.2) is 12.1 Å². The molecule has 5 heteroatoms. The molecule has 0 spiro atoms. The molecule has 0 radical (unpaired) electrons. The zero-order chi connectivity index (χ0) is 14.6. The Kier molecular flexibility index (Phi) is 5.30. The van der Waals surface area contributed by atoms with Crippen LogP contribution in [0.1, 0.15) is 31.1 Å². The van der Waals surface area contributed by atoms with Crippen molar-refractivity contribution < 1.29 is 14.3 Å². The third kappa shape index (κ3) is 3.92. The van der Waals surface area contributed by atoms with E-state index < -0.39 is 6.10 Å². The minimum atomic E-state index is -0.790. The minimum Gasteiger partial charge on any atom is -0.389 e. The number of aryl methyl sites for hydroxylation is 1. The first-order chi connectivity index (χ1) is 8.86. The van der Waals surface area contributed by atoms with E-state index in [0.29, 0.717) is 23.4 Å². The molecule has 1 aromatic carbocycles. The van der Waals surface area contributed by atoms with Crippen LogP contribution in [0.25, 0.3) is 0 Å². The van der Waals surface area contributed by atoms with Crippen LogP contribution in [0.2, 0.25) is 0 Å². The van der Waals surface area contributed by atoms with Crippen LogP contribution in [-0.4, -0.2) is 31.2 Å². The lowest BCUT2D eigenvalue weighted by Gasteiger charge is -2.24. The maximum Gasteiger partial charge on any atom is 0.239 e. The maximum atomic E-state index is 13.6. The quantitative estimate of drug-likeness (QED) is 0.855. The lowest BCUT2D eigenvalue weighted by molar-refractivity contribution is -0.119. The predicted molar refractivity (Wildman–Crippen MR) is 73.7 cm³/mol. The number of aliphatic hydroxyl groups is 1. The van der Waals surface area contributed by atoms with Gasteiger partial charge in [0.15, 0.2) is 0 Å². The maximum absolute atomic E-state index is 13.6. The summed E-state index contributed by atoms with van der Waals surface area (Å²) in [4.78, 5) is 13.3. The van der Waals surface area contributed by atoms with Crippen LogP contribution >= 0.6 is 0 Å². The smallest absolute Gasteiger partial charge is 0.239 e. The number of benzene rings is 1. The van der Waals surface area contributed by atoms with E-state index in [1.807, 2.05) is 6.92 Å². The van der Waals surface area contributed by atoms with Gasteiger partial charge < -0.3 is 15.3 Å². The second-order valence-electron chi connectivity index (χ2n) is 4.65. The van der Waals surface area contributed by atoms with Gasteiger partial charge >= 0.3 is 0 Å². The monoisotopic (exact) mass is 268 g/mol. The number of carbonyl (C=O) groups excluding carboxylic acids is 1. The molecule has 0 aliphatic rings. The van der Waals surface area contributed by atoms with Crippen molar-refractivity contribution in [2.75, 3.05) is 25.0 Å². The molecule has 19 heavy (non-hydrogen) atoms. The summed E-state index contributed by atoms with van der Waals surface area (Å²) in [7, 11) is 1.74. The molecule has 0 fully saturated rings. The van der Waals surface area contributed by atoms with Crippen LogP contribution in [0, 0.1) is 12.7 Å². The van der Waals surface area contributed by atoms with Gasteiger partial charge in [0.2, 0.25) is 5.91 Å². The van der Waals surface area contributed by atoms with Crippen molar-refractivity contribution in [1.29, 1.82) is 0 Å². The Morgan fingerprint density at radius 1 is 1.53 bits per heavy atom. The topological polar surface area (TPSA) is 52.6 Å². The summed E-state index contributed by atoms with van der Waals surface area (Å²) in [5.74, 6) is -0.463. The van der Waals surface area contributed by atoms with E-state index in [0.717, 1.165) is 0 Å². The molecular weight excluding hydrogens is 247 g/mol. The van der Waals surface area contributed by atoms with Crippen LogP contribution < -0.4 is 10.2 Å². The highest BCUT2D eigenvalue weighted by atomic mass is 19.1. The number of likely N-dealkylation sites (N-methyl/N-ethyl adjacent to an activating group) is 2. The lowest BCUT2D eigenvalue weighted by atomic mass is 10.0. The van der Waals surface area contributed by atoms with Crippen molar-refractivity contribution in [1.82, 2.24) is 5.32 Å². The fourth-order valence-electron chi connectivity index (χ4n) is 1.90. The average molecular weight is 268 g/mol. The summed E-state index contributed by atoms with van der Waals surface area (Å²) in [5, 5.41) is 12.4. The summed E-state index contributed by atoms with van der Waals surface area (Å²) in [6.07, 6.45) is -0.790. The SMILES string of the molecule is CCNC(=O)CN(C)c1cc(C)c(F)cc1[C@@H](C)O. The molecule has 0 aliphatic heterocycles. The normalized spacial score (nSPS) is 12.1. The van der Waals surface area contributed by atoms with Crippen molar-refractivity contribution >= 4 is 11.6 Å². The Morgan fingerprint density at radius 2 is 2.16 bits per heavy atom. The Hall–Kier alpha value is -1.62.